The van der Waals surface area contributed by atoms with E-state index >= 15 is 0 Å². The molecule has 3 aliphatic rings. The van der Waals surface area contributed by atoms with Gasteiger partial charge in [0.05, 0.1) is 50.4 Å². The second-order valence-electron chi connectivity index (χ2n) is 37.1. The molecule has 0 spiro atoms. The highest BCUT2D eigenvalue weighted by Crippen LogP contribution is 2.56. The molecule has 26 rings (SSSR count). The van der Waals surface area contributed by atoms with Gasteiger partial charge < -0.3 is 0 Å². The van der Waals surface area contributed by atoms with E-state index in [2.05, 4.69) is 315 Å². The third kappa shape index (κ3) is 16.6. The molecule has 0 saturated carbocycles. The van der Waals surface area contributed by atoms with E-state index in [4.69, 9.17) is 29.9 Å². The van der Waals surface area contributed by atoms with E-state index in [0.717, 1.165) is 196 Å². The first-order chi connectivity index (χ1) is 72.6. The van der Waals surface area contributed by atoms with Crippen LogP contribution in [0.1, 0.15) is 115 Å². The molecule has 0 bridgehead atoms. The van der Waals surface area contributed by atoms with Crippen molar-refractivity contribution in [3.05, 3.63) is 658 Å². The van der Waals surface area contributed by atoms with E-state index in [1.807, 2.05) is 243 Å². The summed E-state index contributed by atoms with van der Waals surface area (Å²) in [5, 5.41) is 0. The van der Waals surface area contributed by atoms with Gasteiger partial charge in [0.1, 0.15) is 0 Å². The highest BCUT2D eigenvalue weighted by atomic mass is 16.1. The first kappa shape index (κ1) is 90.2. The number of hydrogen-bond acceptors (Lipinski definition) is 9. The maximum Gasteiger partial charge on any atom is 0.193 e. The smallest absolute Gasteiger partial charge is 0.193 e. The number of carbonyl (C=O) groups excluding carboxylic acids is 3. The molecule has 0 atom stereocenters. The Hall–Kier alpha value is -19.4. The van der Waals surface area contributed by atoms with Crippen LogP contribution in [0.5, 0.6) is 0 Å². The number of hydrogen-bond donors (Lipinski definition) is 0. The minimum atomic E-state index is -0.725. The summed E-state index contributed by atoms with van der Waals surface area (Å²) in [6.45, 7) is 0. The van der Waals surface area contributed by atoms with Crippen molar-refractivity contribution in [2.45, 2.75) is 16.2 Å². The van der Waals surface area contributed by atoms with E-state index in [0.29, 0.717) is 28.6 Å². The molecule has 147 heavy (non-hydrogen) atoms. The Bertz CT molecular complexity index is 8550. The summed E-state index contributed by atoms with van der Waals surface area (Å²) in [5.74, 6) is 2.08. The van der Waals surface area contributed by atoms with Crippen molar-refractivity contribution in [2.75, 3.05) is 0 Å². The van der Waals surface area contributed by atoms with Crippen molar-refractivity contribution in [2.24, 2.45) is 0 Å². The predicted molar refractivity (Wildman–Crippen MR) is 591 cm³/mol. The molecule has 0 amide bonds. The Balaban J connectivity index is 0.000000118. The molecule has 692 valence electrons. The lowest BCUT2D eigenvalue weighted by atomic mass is 9.59. The van der Waals surface area contributed by atoms with E-state index in [1.54, 1.807) is 0 Å². The zero-order valence-electron chi connectivity index (χ0n) is 80.0. The summed E-state index contributed by atoms with van der Waals surface area (Å²) in [6, 6.07) is 190. The fraction of sp³-hybridized carbons (Fsp3) is 0.0217. The van der Waals surface area contributed by atoms with Crippen LogP contribution in [0.25, 0.3) is 124 Å². The van der Waals surface area contributed by atoms with Crippen LogP contribution in [0, 0.1) is 0 Å². The quantitative estimate of drug-likeness (QED) is 0.0875. The summed E-state index contributed by atoms with van der Waals surface area (Å²) < 4.78 is 0. The molecule has 3 aliphatic carbocycles. The van der Waals surface area contributed by atoms with Crippen molar-refractivity contribution >= 4 is 17.3 Å². The Morgan fingerprint density at radius 2 is 0.327 bits per heavy atom. The fourth-order valence-electron chi connectivity index (χ4n) is 22.0. The van der Waals surface area contributed by atoms with Crippen LogP contribution in [0.4, 0.5) is 0 Å². The maximum absolute atomic E-state index is 14.5. The molecule has 9 heteroatoms. The topological polar surface area (TPSA) is 129 Å². The molecule has 23 aromatic rings. The number of benzene rings is 20. The number of fused-ring (bicyclic) bond motifs is 6. The van der Waals surface area contributed by atoms with Gasteiger partial charge in [-0.15, -0.1) is 0 Å². The normalized spacial score (nSPS) is 13.0. The molecule has 0 N–H and O–H groups in total. The third-order valence-electron chi connectivity index (χ3n) is 28.8. The molecule has 0 fully saturated rings. The molecule has 0 radical (unpaired) electrons. The van der Waals surface area contributed by atoms with Crippen LogP contribution in [0.3, 0.4) is 0 Å². The van der Waals surface area contributed by atoms with E-state index in [1.165, 1.54) is 0 Å². The fourth-order valence-corrected chi connectivity index (χ4v) is 22.0. The summed E-state index contributed by atoms with van der Waals surface area (Å²) in [6.07, 6.45) is 0. The number of ketones is 3. The van der Waals surface area contributed by atoms with Gasteiger partial charge in [-0.1, -0.05) is 510 Å². The molecule has 3 aromatic heterocycles. The molecular weight excluding hydrogens is 1790 g/mol. The molecule has 0 saturated heterocycles. The van der Waals surface area contributed by atoms with Gasteiger partial charge in [-0.3, -0.25) is 14.4 Å². The molecule has 0 aliphatic heterocycles. The van der Waals surface area contributed by atoms with Crippen molar-refractivity contribution in [3.63, 3.8) is 0 Å². The lowest BCUT2D eigenvalue weighted by Gasteiger charge is -2.41. The number of rotatable bonds is 17. The summed E-state index contributed by atoms with van der Waals surface area (Å²) in [7, 11) is 0. The Morgan fingerprint density at radius 1 is 0.122 bits per heavy atom. The lowest BCUT2D eigenvalue weighted by molar-refractivity contribution is 0.102. The van der Waals surface area contributed by atoms with E-state index < -0.39 is 16.2 Å². The van der Waals surface area contributed by atoms with Crippen molar-refractivity contribution in [1.29, 1.82) is 0 Å². The van der Waals surface area contributed by atoms with Crippen molar-refractivity contribution in [1.82, 2.24) is 29.9 Å². The highest BCUT2D eigenvalue weighted by molar-refractivity contribution is 6.17. The molecular formula is C138H92N6O3. The van der Waals surface area contributed by atoms with Crippen LogP contribution >= 0.6 is 0 Å². The number of aromatic nitrogens is 6. The minimum Gasteiger partial charge on any atom is -0.289 e. The van der Waals surface area contributed by atoms with Crippen molar-refractivity contribution in [3.8, 4) is 124 Å². The predicted octanol–water partition coefficient (Wildman–Crippen LogP) is 31.5. The average molecular weight is 1880 g/mol. The monoisotopic (exact) mass is 1880 g/mol. The van der Waals surface area contributed by atoms with Gasteiger partial charge in [0.15, 0.2) is 34.8 Å². The third-order valence-corrected chi connectivity index (χ3v) is 28.8. The zero-order chi connectivity index (χ0) is 98.6. The van der Waals surface area contributed by atoms with Crippen LogP contribution in [-0.4, -0.2) is 47.3 Å². The lowest BCUT2D eigenvalue weighted by Crippen LogP contribution is -2.38. The van der Waals surface area contributed by atoms with E-state index in [9.17, 15) is 14.4 Å². The summed E-state index contributed by atoms with van der Waals surface area (Å²) >= 11 is 0. The maximum atomic E-state index is 14.5. The van der Waals surface area contributed by atoms with Gasteiger partial charge in [0, 0.05) is 83.5 Å². The minimum absolute atomic E-state index is 0.0265. The second-order valence-corrected chi connectivity index (χ2v) is 37.1. The van der Waals surface area contributed by atoms with Gasteiger partial charge in [0.25, 0.3) is 0 Å². The van der Waals surface area contributed by atoms with Crippen LogP contribution in [0.15, 0.2) is 558 Å². The van der Waals surface area contributed by atoms with Crippen molar-refractivity contribution < 1.29 is 14.4 Å². The first-order valence-electron chi connectivity index (χ1n) is 49.5. The van der Waals surface area contributed by atoms with Gasteiger partial charge >= 0.3 is 0 Å². The van der Waals surface area contributed by atoms with E-state index in [-0.39, 0.29) is 17.3 Å². The van der Waals surface area contributed by atoms with Crippen LogP contribution in [-0.2, 0) is 16.2 Å². The Morgan fingerprint density at radius 3 is 0.653 bits per heavy atom. The van der Waals surface area contributed by atoms with Gasteiger partial charge in [-0.2, -0.15) is 0 Å². The largest absolute Gasteiger partial charge is 0.289 e. The Labute approximate surface area is 854 Å². The van der Waals surface area contributed by atoms with Gasteiger partial charge in [-0.25, -0.2) is 29.9 Å². The zero-order valence-corrected chi connectivity index (χ0v) is 80.0. The molecule has 9 nitrogen and oxygen atoms in total. The number of nitrogens with zero attached hydrogens (tertiary/aromatic N) is 6. The van der Waals surface area contributed by atoms with Crippen LogP contribution in [0.2, 0.25) is 0 Å². The second kappa shape index (κ2) is 39.3. The highest BCUT2D eigenvalue weighted by Gasteiger charge is 2.50. The SMILES string of the molecule is O=C1c2ccccc2C(c2ccccc2)(c2ccccc2)c2cc(-c3nc(-c4ccccc4)cc(-c4ccccc4)n3)ccc21.O=C1c2ccccc2C(c2ccccc2)(c2ccccc2)c2ccc(-c3ccc(-c4cc(-c5ccccc5)nc(-c5ccccc5)n4)cc3)cc21.O=C1c2ccccc2C(c2ccccc2)(c2ccccc2)c2ccc(-c3cccc(-c4cc(-c5ccccc5)nc(-c5ccccc5)n4)c3)cc21. The Kier molecular flexibility index (Phi) is 24.1. The van der Waals surface area contributed by atoms with Crippen LogP contribution < -0.4 is 0 Å². The van der Waals surface area contributed by atoms with Gasteiger partial charge in [-0.05, 0) is 138 Å². The summed E-state index contributed by atoms with van der Waals surface area (Å²) in [5.41, 5.74) is 32.8. The number of carbonyl (C=O) groups is 3. The average Bonchev–Trinajstić information content (AvgIpc) is 0.705. The molecule has 20 aromatic carbocycles. The standard InChI is InChI=1S/2C48H32N2O.C42H28N2O/c51-46-40-26-13-14-27-42(40)48(38-22-9-3-10-23-38,39-24-11-4-12-25-39)43-29-28-36(31-41(43)46)35-20-15-21-37(30-35)45-32-44(33-16-5-1-6-17-33)49-47(50-45)34-18-7-2-8-19-34;51-46-40-23-13-14-24-42(40)48(38-19-9-3-10-20-38,39-21-11-4-12-22-39)43-30-29-37(31-41(43)46)33-25-27-35(28-26-33)45-32-44(34-15-5-1-6-16-34)49-47(50-45)36-17-7-2-8-18-36;45-40-34-23-13-14-24-36(34)42(32-19-9-3-10-20-32,33-21-11-4-12-22-33)37-27-31(25-26-35(37)40)41-43-38(29-15-5-1-6-16-29)28-39(44-41)30-17-7-2-8-18-30/h2*1-32H;1-28H. The molecule has 0 unspecified atom stereocenters. The first-order valence-corrected chi connectivity index (χ1v) is 49.5. The molecule has 3 heterocycles. The summed E-state index contributed by atoms with van der Waals surface area (Å²) in [4.78, 5) is 73.2. The van der Waals surface area contributed by atoms with Gasteiger partial charge in [0.2, 0.25) is 0 Å².